The Hall–Kier alpha value is -2.51. The molecule has 1 amide bonds. The first kappa shape index (κ1) is 17.3. The highest BCUT2D eigenvalue weighted by Gasteiger charge is 2.30. The molecule has 134 valence electrons. The summed E-state index contributed by atoms with van der Waals surface area (Å²) in [4.78, 5) is 24.7. The molecule has 1 atom stereocenters. The Morgan fingerprint density at radius 2 is 2.16 bits per heavy atom. The van der Waals surface area contributed by atoms with Gasteiger partial charge in [0.25, 0.3) is 5.91 Å². The number of nitrogens with zero attached hydrogens (tertiary/aromatic N) is 5. The molecule has 1 unspecified atom stereocenters. The summed E-state index contributed by atoms with van der Waals surface area (Å²) in [6, 6.07) is 0.0221. The largest absolute Gasteiger partial charge is 0.361 e. The van der Waals surface area contributed by atoms with Crippen molar-refractivity contribution in [3.63, 3.8) is 0 Å². The molecule has 3 heterocycles. The van der Waals surface area contributed by atoms with Crippen LogP contribution in [0.25, 0.3) is 0 Å². The van der Waals surface area contributed by atoms with Crippen LogP contribution in [0, 0.1) is 12.7 Å². The third kappa shape index (κ3) is 3.47. The predicted octanol–water partition coefficient (Wildman–Crippen LogP) is 2.22. The van der Waals surface area contributed by atoms with Crippen LogP contribution >= 0.6 is 0 Å². The highest BCUT2D eigenvalue weighted by molar-refractivity contribution is 5.96. The van der Waals surface area contributed by atoms with Gasteiger partial charge in [-0.15, -0.1) is 0 Å². The zero-order valence-corrected chi connectivity index (χ0v) is 14.7. The van der Waals surface area contributed by atoms with Gasteiger partial charge in [0.2, 0.25) is 5.95 Å². The third-order valence-electron chi connectivity index (χ3n) is 4.64. The molecule has 0 radical (unpaired) electrons. The molecule has 0 aliphatic carbocycles. The van der Waals surface area contributed by atoms with Crippen LogP contribution in [0.5, 0.6) is 0 Å². The average molecular weight is 347 g/mol. The van der Waals surface area contributed by atoms with Crippen molar-refractivity contribution in [2.24, 2.45) is 0 Å². The van der Waals surface area contributed by atoms with Gasteiger partial charge in [-0.2, -0.15) is 0 Å². The van der Waals surface area contributed by atoms with Crippen molar-refractivity contribution >= 4 is 11.9 Å². The van der Waals surface area contributed by atoms with Crippen LogP contribution in [0.2, 0.25) is 0 Å². The number of carbonyl (C=O) groups excluding carboxylic acids is 1. The van der Waals surface area contributed by atoms with Crippen LogP contribution in [0.3, 0.4) is 0 Å². The average Bonchev–Trinajstić information content (AvgIpc) is 3.02. The Morgan fingerprint density at radius 1 is 1.44 bits per heavy atom. The molecule has 0 N–H and O–H groups in total. The lowest BCUT2D eigenvalue weighted by molar-refractivity contribution is 0.0714. The molecule has 2 aromatic rings. The van der Waals surface area contributed by atoms with Crippen LogP contribution in [0.4, 0.5) is 10.3 Å². The molecule has 2 aromatic heterocycles. The first-order valence-corrected chi connectivity index (χ1v) is 8.46. The molecule has 8 heteroatoms. The lowest BCUT2D eigenvalue weighted by Gasteiger charge is -2.37. The molecule has 0 saturated carbocycles. The molecule has 3 rings (SSSR count). The zero-order valence-electron chi connectivity index (χ0n) is 14.7. The second kappa shape index (κ2) is 7.16. The number of likely N-dealkylation sites (N-methyl/N-ethyl adjacent to an activating group) is 1. The van der Waals surface area contributed by atoms with Gasteiger partial charge < -0.3 is 14.3 Å². The van der Waals surface area contributed by atoms with E-state index in [4.69, 9.17) is 4.52 Å². The molecular weight excluding hydrogens is 325 g/mol. The predicted molar refractivity (Wildman–Crippen MR) is 89.9 cm³/mol. The summed E-state index contributed by atoms with van der Waals surface area (Å²) < 4.78 is 18.2. The lowest BCUT2D eigenvalue weighted by atomic mass is 10.0. The van der Waals surface area contributed by atoms with Gasteiger partial charge in [-0.3, -0.25) is 4.79 Å². The molecule has 0 spiro atoms. The van der Waals surface area contributed by atoms with E-state index in [-0.39, 0.29) is 11.9 Å². The van der Waals surface area contributed by atoms with Gasteiger partial charge in [0.05, 0.1) is 18.1 Å². The second-order valence-corrected chi connectivity index (χ2v) is 6.27. The van der Waals surface area contributed by atoms with Crippen LogP contribution in [0.15, 0.2) is 16.9 Å². The molecule has 1 aliphatic rings. The van der Waals surface area contributed by atoms with E-state index >= 15 is 0 Å². The van der Waals surface area contributed by atoms with Gasteiger partial charge in [0.1, 0.15) is 11.3 Å². The van der Waals surface area contributed by atoms with Crippen molar-refractivity contribution in [1.29, 1.82) is 0 Å². The highest BCUT2D eigenvalue weighted by Crippen LogP contribution is 2.22. The lowest BCUT2D eigenvalue weighted by Crippen LogP contribution is -2.49. The summed E-state index contributed by atoms with van der Waals surface area (Å²) in [7, 11) is 1.80. The van der Waals surface area contributed by atoms with E-state index in [1.54, 1.807) is 18.9 Å². The van der Waals surface area contributed by atoms with Gasteiger partial charge in [0.15, 0.2) is 5.82 Å². The molecule has 0 aromatic carbocycles. The number of amides is 1. The number of anilines is 1. The van der Waals surface area contributed by atoms with Crippen LogP contribution in [0.1, 0.15) is 41.6 Å². The fourth-order valence-electron chi connectivity index (χ4n) is 3.20. The van der Waals surface area contributed by atoms with Gasteiger partial charge in [-0.05, 0) is 26.2 Å². The number of aromatic nitrogens is 3. The minimum Gasteiger partial charge on any atom is -0.361 e. The molecule has 1 fully saturated rings. The first-order chi connectivity index (χ1) is 12.0. The minimum absolute atomic E-state index is 0.0221. The number of carbonyl (C=O) groups is 1. The summed E-state index contributed by atoms with van der Waals surface area (Å²) in [5, 5.41) is 3.97. The summed E-state index contributed by atoms with van der Waals surface area (Å²) in [5.74, 6) is 0.493. The summed E-state index contributed by atoms with van der Waals surface area (Å²) >= 11 is 0. The highest BCUT2D eigenvalue weighted by atomic mass is 19.1. The third-order valence-corrected chi connectivity index (χ3v) is 4.64. The second-order valence-electron chi connectivity index (χ2n) is 6.27. The molecule has 1 saturated heterocycles. The summed E-state index contributed by atoms with van der Waals surface area (Å²) in [6.45, 7) is 5.10. The molecule has 1 aliphatic heterocycles. The normalized spacial score (nSPS) is 17.6. The smallest absolute Gasteiger partial charge is 0.259 e. The molecule has 7 nitrogen and oxygen atoms in total. The monoisotopic (exact) mass is 347 g/mol. The van der Waals surface area contributed by atoms with Crippen molar-refractivity contribution < 1.29 is 13.7 Å². The van der Waals surface area contributed by atoms with Crippen molar-refractivity contribution in [3.8, 4) is 0 Å². The number of rotatable bonds is 4. The van der Waals surface area contributed by atoms with Gasteiger partial charge in [0, 0.05) is 26.2 Å². The number of halogens is 1. The zero-order chi connectivity index (χ0) is 18.0. The Balaban J connectivity index is 1.75. The Kier molecular flexibility index (Phi) is 4.96. The van der Waals surface area contributed by atoms with E-state index < -0.39 is 5.82 Å². The van der Waals surface area contributed by atoms with E-state index in [2.05, 4.69) is 15.1 Å². The Morgan fingerprint density at radius 3 is 2.84 bits per heavy atom. The topological polar surface area (TPSA) is 75.4 Å². The van der Waals surface area contributed by atoms with Crippen molar-refractivity contribution in [1.82, 2.24) is 20.0 Å². The number of hydrogen-bond acceptors (Lipinski definition) is 6. The molecule has 25 heavy (non-hydrogen) atoms. The number of hydrogen-bond donors (Lipinski definition) is 0. The van der Waals surface area contributed by atoms with Crippen LogP contribution in [-0.2, 0) is 6.42 Å². The van der Waals surface area contributed by atoms with Crippen LogP contribution in [-0.4, -0.2) is 52.1 Å². The van der Waals surface area contributed by atoms with Crippen molar-refractivity contribution in [2.75, 3.05) is 25.0 Å². The maximum absolute atomic E-state index is 13.0. The van der Waals surface area contributed by atoms with Crippen molar-refractivity contribution in [3.05, 3.63) is 35.2 Å². The molecular formula is C17H22FN5O2. The van der Waals surface area contributed by atoms with Gasteiger partial charge >= 0.3 is 0 Å². The summed E-state index contributed by atoms with van der Waals surface area (Å²) in [5.41, 5.74) is 1.24. The number of piperidine rings is 1. The Bertz CT molecular complexity index is 746. The van der Waals surface area contributed by atoms with Crippen molar-refractivity contribution in [2.45, 2.75) is 39.2 Å². The number of aryl methyl sites for hydroxylation is 2. The van der Waals surface area contributed by atoms with E-state index in [0.29, 0.717) is 35.9 Å². The fourth-order valence-corrected chi connectivity index (χ4v) is 3.20. The quantitative estimate of drug-likeness (QED) is 0.844. The minimum atomic E-state index is -0.459. The molecule has 0 bridgehead atoms. The maximum Gasteiger partial charge on any atom is 0.259 e. The van der Waals surface area contributed by atoms with E-state index in [0.717, 1.165) is 31.8 Å². The van der Waals surface area contributed by atoms with Crippen LogP contribution < -0.4 is 4.90 Å². The van der Waals surface area contributed by atoms with E-state index in [1.807, 2.05) is 11.8 Å². The SMILES string of the molecule is CCc1noc(C)c1C(=O)N(C)C1CCCN(c2ncc(F)cn2)C1. The van der Waals surface area contributed by atoms with Gasteiger partial charge in [-0.25, -0.2) is 14.4 Å². The summed E-state index contributed by atoms with van der Waals surface area (Å²) in [6.07, 6.45) is 4.77. The standard InChI is InChI=1S/C17H22FN5O2/c1-4-14-15(11(2)25-21-14)16(24)22(3)13-6-5-7-23(10-13)17-19-8-12(18)9-20-17/h8-9,13H,4-7,10H2,1-3H3. The van der Waals surface area contributed by atoms with E-state index in [1.165, 1.54) is 0 Å². The van der Waals surface area contributed by atoms with E-state index in [9.17, 15) is 9.18 Å². The fraction of sp³-hybridized carbons (Fsp3) is 0.529. The maximum atomic E-state index is 13.0. The first-order valence-electron chi connectivity index (χ1n) is 8.46. The van der Waals surface area contributed by atoms with Gasteiger partial charge in [-0.1, -0.05) is 12.1 Å². The Labute approximate surface area is 145 Å².